The number of aliphatic hydroxyl groups is 1. The van der Waals surface area contributed by atoms with E-state index in [0.717, 1.165) is 30.0 Å². The number of aliphatic hydroxyl groups excluding tert-OH is 1. The molecule has 3 nitrogen and oxygen atoms in total. The molecule has 1 atom stereocenters. The number of nitrogens with one attached hydrogen (secondary N) is 1. The number of hydrogen-bond donors (Lipinski definition) is 2. The molecule has 0 radical (unpaired) electrons. The van der Waals surface area contributed by atoms with Gasteiger partial charge in [-0.1, -0.05) is 32.4 Å². The maximum absolute atomic E-state index is 9.68. The van der Waals surface area contributed by atoms with Gasteiger partial charge in [0, 0.05) is 17.8 Å². The van der Waals surface area contributed by atoms with Gasteiger partial charge in [0.2, 0.25) is 0 Å². The van der Waals surface area contributed by atoms with Crippen LogP contribution in [0.3, 0.4) is 0 Å². The predicted octanol–water partition coefficient (Wildman–Crippen LogP) is 3.75. The van der Waals surface area contributed by atoms with Gasteiger partial charge in [0.25, 0.3) is 0 Å². The topological polar surface area (TPSA) is 45.2 Å². The van der Waals surface area contributed by atoms with E-state index in [0.29, 0.717) is 11.1 Å². The van der Waals surface area contributed by atoms with Crippen LogP contribution < -0.4 is 5.32 Å². The summed E-state index contributed by atoms with van der Waals surface area (Å²) in [5.74, 6) is 0.957. The normalized spacial score (nSPS) is 14.5. The Morgan fingerprint density at radius 1 is 1.50 bits per heavy atom. The molecule has 0 aliphatic carbocycles. The molecule has 1 rings (SSSR count). The average Bonchev–Trinajstić information content (AvgIpc) is 2.43. The number of hydrogen-bond acceptors (Lipinski definition) is 4. The maximum Gasteiger partial charge on any atom is 0.115 e. The SMILES string of the molecule is CCC(CO)(CCCSc1ncccc1Cl)NC(C)C. The molecule has 0 fully saturated rings. The molecule has 0 amide bonds. The van der Waals surface area contributed by atoms with Crippen LogP contribution in [0, 0.1) is 0 Å². The molecule has 0 aliphatic heterocycles. The van der Waals surface area contributed by atoms with Crippen LogP contribution in [0.5, 0.6) is 0 Å². The molecule has 0 aliphatic rings. The monoisotopic (exact) mass is 316 g/mol. The Kier molecular flexibility index (Phi) is 7.88. The third kappa shape index (κ3) is 5.60. The quantitative estimate of drug-likeness (QED) is 0.538. The Labute approximate surface area is 131 Å². The van der Waals surface area contributed by atoms with E-state index in [1.165, 1.54) is 0 Å². The first-order valence-electron chi connectivity index (χ1n) is 7.15. The van der Waals surface area contributed by atoms with Crippen molar-refractivity contribution in [3.05, 3.63) is 23.4 Å². The summed E-state index contributed by atoms with van der Waals surface area (Å²) in [4.78, 5) is 4.27. The van der Waals surface area contributed by atoms with Gasteiger partial charge in [0.15, 0.2) is 0 Å². The van der Waals surface area contributed by atoms with E-state index in [1.807, 2.05) is 12.1 Å². The van der Waals surface area contributed by atoms with E-state index in [4.69, 9.17) is 11.6 Å². The molecule has 0 bridgehead atoms. The molecule has 20 heavy (non-hydrogen) atoms. The third-order valence-corrected chi connectivity index (χ3v) is 4.85. The number of halogens is 1. The van der Waals surface area contributed by atoms with Crippen molar-refractivity contribution in [3.63, 3.8) is 0 Å². The first kappa shape index (κ1) is 17.8. The van der Waals surface area contributed by atoms with Crippen LogP contribution in [0.15, 0.2) is 23.4 Å². The number of aromatic nitrogens is 1. The molecule has 0 aromatic carbocycles. The van der Waals surface area contributed by atoms with E-state index in [2.05, 4.69) is 31.1 Å². The van der Waals surface area contributed by atoms with Gasteiger partial charge in [0.05, 0.1) is 11.6 Å². The molecular formula is C15H25ClN2OS. The Morgan fingerprint density at radius 3 is 2.80 bits per heavy atom. The Hall–Kier alpha value is -0.290. The highest BCUT2D eigenvalue weighted by Crippen LogP contribution is 2.26. The summed E-state index contributed by atoms with van der Waals surface area (Å²) in [6.45, 7) is 6.52. The summed E-state index contributed by atoms with van der Waals surface area (Å²) in [5, 5.41) is 14.8. The van der Waals surface area contributed by atoms with E-state index in [-0.39, 0.29) is 12.1 Å². The second-order valence-corrected chi connectivity index (χ2v) is 6.82. The average molecular weight is 317 g/mol. The molecule has 0 saturated carbocycles. The minimum atomic E-state index is -0.164. The fourth-order valence-electron chi connectivity index (χ4n) is 2.26. The van der Waals surface area contributed by atoms with Gasteiger partial charge in [-0.25, -0.2) is 4.98 Å². The summed E-state index contributed by atoms with van der Waals surface area (Å²) in [5.41, 5.74) is -0.164. The van der Waals surface area contributed by atoms with Gasteiger partial charge in [-0.3, -0.25) is 0 Å². The number of nitrogens with zero attached hydrogens (tertiary/aromatic N) is 1. The summed E-state index contributed by atoms with van der Waals surface area (Å²) < 4.78 is 0. The van der Waals surface area contributed by atoms with Crippen LogP contribution in [0.1, 0.15) is 40.0 Å². The smallest absolute Gasteiger partial charge is 0.115 e. The third-order valence-electron chi connectivity index (χ3n) is 3.34. The van der Waals surface area contributed by atoms with Crippen LogP contribution in [-0.2, 0) is 0 Å². The number of pyridine rings is 1. The van der Waals surface area contributed by atoms with E-state index in [1.54, 1.807) is 18.0 Å². The first-order valence-corrected chi connectivity index (χ1v) is 8.51. The lowest BCUT2D eigenvalue weighted by atomic mass is 9.91. The zero-order chi connectivity index (χ0) is 15.0. The lowest BCUT2D eigenvalue weighted by Crippen LogP contribution is -2.51. The lowest BCUT2D eigenvalue weighted by Gasteiger charge is -2.34. The summed E-state index contributed by atoms with van der Waals surface area (Å²) in [7, 11) is 0. The van der Waals surface area contributed by atoms with E-state index < -0.39 is 0 Å². The van der Waals surface area contributed by atoms with Gasteiger partial charge >= 0.3 is 0 Å². The van der Waals surface area contributed by atoms with Crippen LogP contribution in [0.25, 0.3) is 0 Å². The van der Waals surface area contributed by atoms with Crippen molar-refractivity contribution in [1.29, 1.82) is 0 Å². The zero-order valence-corrected chi connectivity index (χ0v) is 14.1. The molecule has 0 saturated heterocycles. The van der Waals surface area contributed by atoms with Gasteiger partial charge in [-0.2, -0.15) is 0 Å². The number of rotatable bonds is 9. The molecule has 1 heterocycles. The highest BCUT2D eigenvalue weighted by atomic mass is 35.5. The van der Waals surface area contributed by atoms with Gasteiger partial charge in [-0.15, -0.1) is 11.8 Å². The first-order chi connectivity index (χ1) is 9.53. The fraction of sp³-hybridized carbons (Fsp3) is 0.667. The summed E-state index contributed by atoms with van der Waals surface area (Å²) in [6.07, 6.45) is 4.66. The maximum atomic E-state index is 9.68. The van der Waals surface area contributed by atoms with Crippen molar-refractivity contribution >= 4 is 23.4 Å². The Bertz CT molecular complexity index is 397. The predicted molar refractivity (Wildman–Crippen MR) is 87.6 cm³/mol. The molecular weight excluding hydrogens is 292 g/mol. The second kappa shape index (κ2) is 8.88. The van der Waals surface area contributed by atoms with Crippen molar-refractivity contribution in [1.82, 2.24) is 10.3 Å². The van der Waals surface area contributed by atoms with Crippen molar-refractivity contribution in [3.8, 4) is 0 Å². The highest BCUT2D eigenvalue weighted by molar-refractivity contribution is 7.99. The molecule has 2 N–H and O–H groups in total. The molecule has 1 aromatic heterocycles. The zero-order valence-electron chi connectivity index (χ0n) is 12.5. The van der Waals surface area contributed by atoms with E-state index >= 15 is 0 Å². The van der Waals surface area contributed by atoms with Crippen LogP contribution in [0.4, 0.5) is 0 Å². The summed E-state index contributed by atoms with van der Waals surface area (Å²) >= 11 is 7.76. The molecule has 0 spiro atoms. The highest BCUT2D eigenvalue weighted by Gasteiger charge is 2.27. The van der Waals surface area contributed by atoms with Crippen molar-refractivity contribution in [2.24, 2.45) is 0 Å². The molecule has 114 valence electrons. The Morgan fingerprint density at radius 2 is 2.25 bits per heavy atom. The van der Waals surface area contributed by atoms with Crippen molar-refractivity contribution in [2.45, 2.75) is 56.6 Å². The van der Waals surface area contributed by atoms with Gasteiger partial charge < -0.3 is 10.4 Å². The minimum Gasteiger partial charge on any atom is -0.394 e. The molecule has 1 aromatic rings. The van der Waals surface area contributed by atoms with Gasteiger partial charge in [-0.05, 0) is 37.1 Å². The summed E-state index contributed by atoms with van der Waals surface area (Å²) in [6, 6.07) is 4.08. The van der Waals surface area contributed by atoms with Crippen LogP contribution >= 0.6 is 23.4 Å². The lowest BCUT2D eigenvalue weighted by molar-refractivity contribution is 0.137. The van der Waals surface area contributed by atoms with Crippen LogP contribution in [0.2, 0.25) is 5.02 Å². The van der Waals surface area contributed by atoms with Crippen LogP contribution in [-0.4, -0.2) is 34.0 Å². The molecule has 5 heteroatoms. The largest absolute Gasteiger partial charge is 0.394 e. The molecule has 1 unspecified atom stereocenters. The fourth-order valence-corrected chi connectivity index (χ4v) is 3.37. The van der Waals surface area contributed by atoms with Crippen molar-refractivity contribution in [2.75, 3.05) is 12.4 Å². The second-order valence-electron chi connectivity index (χ2n) is 5.33. The minimum absolute atomic E-state index is 0.164. The standard InChI is InChI=1S/C15H25ClN2OS/c1-4-15(11-19,18-12(2)3)8-6-10-20-14-13(16)7-5-9-17-14/h5,7,9,12,18-19H,4,6,8,10-11H2,1-3H3. The van der Waals surface area contributed by atoms with Crippen molar-refractivity contribution < 1.29 is 5.11 Å². The van der Waals surface area contributed by atoms with Gasteiger partial charge in [0.1, 0.15) is 5.03 Å². The Balaban J connectivity index is 2.43. The number of thioether (sulfide) groups is 1. The van der Waals surface area contributed by atoms with E-state index in [9.17, 15) is 5.11 Å².